The van der Waals surface area contributed by atoms with Crippen molar-refractivity contribution < 1.29 is 20.1 Å². The van der Waals surface area contributed by atoms with Gasteiger partial charge < -0.3 is 20.1 Å². The van der Waals surface area contributed by atoms with E-state index < -0.39 is 5.41 Å². The van der Waals surface area contributed by atoms with E-state index in [9.17, 15) is 15.3 Å². The van der Waals surface area contributed by atoms with Gasteiger partial charge in [-0.1, -0.05) is 24.3 Å². The van der Waals surface area contributed by atoms with Gasteiger partial charge in [0.25, 0.3) is 0 Å². The number of benzene rings is 1. The summed E-state index contributed by atoms with van der Waals surface area (Å²) in [7, 11) is 0. The van der Waals surface area contributed by atoms with E-state index in [-0.39, 0.29) is 26.4 Å². The van der Waals surface area contributed by atoms with E-state index in [1.54, 1.807) is 6.08 Å². The molecule has 1 rings (SSSR count). The fourth-order valence-corrected chi connectivity index (χ4v) is 1.90. The average molecular weight is 292 g/mol. The Morgan fingerprint density at radius 1 is 1.00 bits per heavy atom. The first-order valence-electron chi connectivity index (χ1n) is 6.93. The molecule has 0 spiro atoms. The number of hydrogen-bond acceptors (Lipinski definition) is 4. The molecule has 0 aliphatic rings. The molecular weight excluding hydrogens is 268 g/mol. The van der Waals surface area contributed by atoms with Crippen molar-refractivity contribution in [3.8, 4) is 5.75 Å². The van der Waals surface area contributed by atoms with E-state index in [1.165, 1.54) is 0 Å². The van der Waals surface area contributed by atoms with Crippen LogP contribution in [0.15, 0.2) is 43.5 Å². The molecule has 1 aromatic rings. The zero-order valence-corrected chi connectivity index (χ0v) is 12.3. The Morgan fingerprint density at radius 3 is 2.14 bits per heavy atom. The predicted molar refractivity (Wildman–Crippen MR) is 83.4 cm³/mol. The second kappa shape index (κ2) is 8.62. The van der Waals surface area contributed by atoms with Crippen molar-refractivity contribution in [2.45, 2.75) is 12.8 Å². The summed E-state index contributed by atoms with van der Waals surface area (Å²) in [6, 6.07) is 5.83. The van der Waals surface area contributed by atoms with Gasteiger partial charge in [-0.15, -0.1) is 13.2 Å². The Labute approximate surface area is 126 Å². The van der Waals surface area contributed by atoms with E-state index in [0.717, 1.165) is 17.5 Å². The molecule has 0 unspecified atom stereocenters. The van der Waals surface area contributed by atoms with Crippen molar-refractivity contribution in [3.05, 3.63) is 54.6 Å². The summed E-state index contributed by atoms with van der Waals surface area (Å²) in [5.41, 5.74) is 1.07. The molecule has 0 radical (unpaired) electrons. The Hall–Kier alpha value is -1.62. The highest BCUT2D eigenvalue weighted by atomic mass is 16.5. The van der Waals surface area contributed by atoms with Gasteiger partial charge in [0.1, 0.15) is 12.4 Å². The minimum Gasteiger partial charge on any atom is -0.492 e. The number of hydrogen-bond donors (Lipinski definition) is 3. The zero-order chi connectivity index (χ0) is 15.7. The van der Waals surface area contributed by atoms with Crippen LogP contribution in [0.1, 0.15) is 11.1 Å². The van der Waals surface area contributed by atoms with Crippen LogP contribution in [-0.2, 0) is 12.8 Å². The Morgan fingerprint density at radius 2 is 1.62 bits per heavy atom. The summed E-state index contributed by atoms with van der Waals surface area (Å²) in [4.78, 5) is 0. The fraction of sp³-hybridized carbons (Fsp3) is 0.412. The molecule has 3 N–H and O–H groups in total. The van der Waals surface area contributed by atoms with Crippen molar-refractivity contribution in [1.29, 1.82) is 0 Å². The summed E-state index contributed by atoms with van der Waals surface area (Å²) < 4.78 is 5.71. The van der Waals surface area contributed by atoms with Crippen molar-refractivity contribution in [3.63, 3.8) is 0 Å². The minimum absolute atomic E-state index is 0.0431. The Bertz CT molecular complexity index is 456. The van der Waals surface area contributed by atoms with Crippen LogP contribution in [0, 0.1) is 5.41 Å². The zero-order valence-electron chi connectivity index (χ0n) is 12.3. The number of aliphatic hydroxyl groups excluding tert-OH is 3. The first kappa shape index (κ1) is 17.4. The smallest absolute Gasteiger partial charge is 0.122 e. The van der Waals surface area contributed by atoms with Gasteiger partial charge in [-0.2, -0.15) is 0 Å². The van der Waals surface area contributed by atoms with Crippen molar-refractivity contribution in [1.82, 2.24) is 0 Å². The second-order valence-electron chi connectivity index (χ2n) is 5.19. The van der Waals surface area contributed by atoms with E-state index in [0.29, 0.717) is 12.2 Å². The first-order valence-corrected chi connectivity index (χ1v) is 6.93. The van der Waals surface area contributed by atoms with Gasteiger partial charge in [0.15, 0.2) is 0 Å². The van der Waals surface area contributed by atoms with Gasteiger partial charge in [-0.05, 0) is 30.0 Å². The first-order chi connectivity index (χ1) is 10.1. The second-order valence-corrected chi connectivity index (χ2v) is 5.19. The molecule has 4 nitrogen and oxygen atoms in total. The molecular formula is C17H24O4. The highest BCUT2D eigenvalue weighted by Crippen LogP contribution is 2.24. The lowest BCUT2D eigenvalue weighted by atomic mass is 9.92. The van der Waals surface area contributed by atoms with Crippen molar-refractivity contribution >= 4 is 0 Å². The molecule has 0 saturated heterocycles. The molecule has 0 heterocycles. The summed E-state index contributed by atoms with van der Waals surface area (Å²) in [5.74, 6) is 0.669. The lowest BCUT2D eigenvalue weighted by molar-refractivity contribution is -0.0260. The topological polar surface area (TPSA) is 69.9 Å². The van der Waals surface area contributed by atoms with Gasteiger partial charge in [0.05, 0.1) is 25.2 Å². The van der Waals surface area contributed by atoms with Crippen LogP contribution in [-0.4, -0.2) is 41.7 Å². The third kappa shape index (κ3) is 4.70. The standard InChI is InChI=1S/C17H24O4/c1-3-5-14-7-8-16(15(9-14)6-4-2)21-13-17(10-18,11-19)12-20/h3-4,7-9,18-20H,1-2,5-6,10-13H2. The maximum Gasteiger partial charge on any atom is 0.122 e. The average Bonchev–Trinajstić information content (AvgIpc) is 2.51. The number of allylic oxidation sites excluding steroid dienone is 2. The Balaban J connectivity index is 2.91. The summed E-state index contributed by atoms with van der Waals surface area (Å²) in [6.45, 7) is 6.47. The summed E-state index contributed by atoms with van der Waals surface area (Å²) in [6.07, 6.45) is 5.06. The molecule has 4 heteroatoms. The molecule has 0 aromatic heterocycles. The van der Waals surface area contributed by atoms with Crippen LogP contribution in [0.2, 0.25) is 0 Å². The lowest BCUT2D eigenvalue weighted by Crippen LogP contribution is -2.39. The van der Waals surface area contributed by atoms with Crippen LogP contribution in [0.4, 0.5) is 0 Å². The van der Waals surface area contributed by atoms with E-state index in [2.05, 4.69) is 13.2 Å². The maximum atomic E-state index is 9.31. The molecule has 0 saturated carbocycles. The largest absolute Gasteiger partial charge is 0.492 e. The van der Waals surface area contributed by atoms with Gasteiger partial charge in [-0.3, -0.25) is 0 Å². The molecule has 21 heavy (non-hydrogen) atoms. The monoisotopic (exact) mass is 292 g/mol. The van der Waals surface area contributed by atoms with E-state index in [4.69, 9.17) is 4.74 Å². The van der Waals surface area contributed by atoms with E-state index >= 15 is 0 Å². The molecule has 1 aromatic carbocycles. The number of rotatable bonds is 10. The van der Waals surface area contributed by atoms with Crippen molar-refractivity contribution in [2.75, 3.05) is 26.4 Å². The maximum absolute atomic E-state index is 9.31. The van der Waals surface area contributed by atoms with Crippen LogP contribution in [0.25, 0.3) is 0 Å². The predicted octanol–water partition coefficient (Wildman–Crippen LogP) is 1.49. The minimum atomic E-state index is -1.04. The van der Waals surface area contributed by atoms with Crippen LogP contribution >= 0.6 is 0 Å². The third-order valence-electron chi connectivity index (χ3n) is 3.41. The van der Waals surface area contributed by atoms with Gasteiger partial charge >= 0.3 is 0 Å². The fourth-order valence-electron chi connectivity index (χ4n) is 1.90. The number of aliphatic hydroxyl groups is 3. The van der Waals surface area contributed by atoms with Crippen LogP contribution in [0.5, 0.6) is 5.75 Å². The van der Waals surface area contributed by atoms with Gasteiger partial charge in [0, 0.05) is 0 Å². The van der Waals surface area contributed by atoms with Gasteiger partial charge in [-0.25, -0.2) is 0 Å². The highest BCUT2D eigenvalue weighted by molar-refractivity contribution is 5.39. The van der Waals surface area contributed by atoms with Crippen LogP contribution in [0.3, 0.4) is 0 Å². The molecule has 0 bridgehead atoms. The molecule has 0 aliphatic carbocycles. The van der Waals surface area contributed by atoms with E-state index in [1.807, 2.05) is 24.3 Å². The molecule has 0 amide bonds. The van der Waals surface area contributed by atoms with Gasteiger partial charge in [0.2, 0.25) is 0 Å². The molecule has 0 fully saturated rings. The normalized spacial score (nSPS) is 11.2. The SMILES string of the molecule is C=CCc1ccc(OCC(CO)(CO)CO)c(CC=C)c1. The van der Waals surface area contributed by atoms with Crippen LogP contribution < -0.4 is 4.74 Å². The molecule has 0 atom stereocenters. The quantitative estimate of drug-likeness (QED) is 0.571. The Kier molecular flexibility index (Phi) is 7.15. The highest BCUT2D eigenvalue weighted by Gasteiger charge is 2.29. The summed E-state index contributed by atoms with van der Waals surface area (Å²) in [5, 5.41) is 27.9. The molecule has 0 aliphatic heterocycles. The lowest BCUT2D eigenvalue weighted by Gasteiger charge is -2.27. The third-order valence-corrected chi connectivity index (χ3v) is 3.41. The van der Waals surface area contributed by atoms with Crippen molar-refractivity contribution in [2.24, 2.45) is 5.41 Å². The number of ether oxygens (including phenoxy) is 1. The molecule has 116 valence electrons. The summed E-state index contributed by atoms with van der Waals surface area (Å²) >= 11 is 0.